The SMILES string of the molecule is COC(=O)c1cnc(C2(N(C)C(=O)c3noc4c3CNCC4)CC2)nc1. The molecule has 0 unspecified atom stereocenters. The Labute approximate surface area is 149 Å². The minimum absolute atomic E-state index is 0.211. The molecule has 2 aromatic rings. The van der Waals surface area contributed by atoms with Crippen molar-refractivity contribution in [1.29, 1.82) is 0 Å². The largest absolute Gasteiger partial charge is 0.465 e. The second kappa shape index (κ2) is 6.17. The summed E-state index contributed by atoms with van der Waals surface area (Å²) in [4.78, 5) is 34.8. The molecule has 0 aromatic carbocycles. The van der Waals surface area contributed by atoms with Crippen LogP contribution in [0.15, 0.2) is 16.9 Å². The lowest BCUT2D eigenvalue weighted by Gasteiger charge is -2.26. The predicted octanol–water partition coefficient (Wildman–Crippen LogP) is 0.658. The lowest BCUT2D eigenvalue weighted by atomic mass is 10.1. The van der Waals surface area contributed by atoms with Crippen LogP contribution in [0.3, 0.4) is 0 Å². The highest BCUT2D eigenvalue weighted by molar-refractivity contribution is 5.94. The van der Waals surface area contributed by atoms with Crippen LogP contribution in [0.1, 0.15) is 50.8 Å². The van der Waals surface area contributed by atoms with Crippen molar-refractivity contribution in [2.45, 2.75) is 31.3 Å². The third-order valence-corrected chi connectivity index (χ3v) is 5.06. The molecule has 4 rings (SSSR count). The highest BCUT2D eigenvalue weighted by Gasteiger charge is 2.53. The van der Waals surface area contributed by atoms with E-state index in [-0.39, 0.29) is 11.5 Å². The number of esters is 1. The van der Waals surface area contributed by atoms with Crippen molar-refractivity contribution in [3.63, 3.8) is 0 Å². The molecule has 1 saturated carbocycles. The number of aromatic nitrogens is 3. The molecule has 9 nitrogen and oxygen atoms in total. The molecule has 0 saturated heterocycles. The molecule has 0 spiro atoms. The summed E-state index contributed by atoms with van der Waals surface area (Å²) in [7, 11) is 3.03. The molecule has 1 aliphatic heterocycles. The van der Waals surface area contributed by atoms with E-state index in [0.29, 0.717) is 18.1 Å². The number of amides is 1. The summed E-state index contributed by atoms with van der Waals surface area (Å²) < 4.78 is 9.99. The van der Waals surface area contributed by atoms with Crippen molar-refractivity contribution >= 4 is 11.9 Å². The molecule has 1 N–H and O–H groups in total. The minimum Gasteiger partial charge on any atom is -0.465 e. The number of hydrogen-bond donors (Lipinski definition) is 1. The van der Waals surface area contributed by atoms with E-state index in [1.165, 1.54) is 19.5 Å². The fourth-order valence-corrected chi connectivity index (χ4v) is 3.28. The van der Waals surface area contributed by atoms with Gasteiger partial charge in [-0.15, -0.1) is 0 Å². The number of nitrogens with zero attached hydrogens (tertiary/aromatic N) is 4. The first-order valence-electron chi connectivity index (χ1n) is 8.44. The van der Waals surface area contributed by atoms with Gasteiger partial charge in [-0.2, -0.15) is 0 Å². The predicted molar refractivity (Wildman–Crippen MR) is 88.3 cm³/mol. The summed E-state index contributed by atoms with van der Waals surface area (Å²) in [5.41, 5.74) is 0.871. The summed E-state index contributed by atoms with van der Waals surface area (Å²) in [6.07, 6.45) is 5.08. The Morgan fingerprint density at radius 1 is 1.31 bits per heavy atom. The van der Waals surface area contributed by atoms with Crippen LogP contribution in [0.4, 0.5) is 0 Å². The third-order valence-electron chi connectivity index (χ3n) is 5.06. The molecule has 0 radical (unpaired) electrons. The fraction of sp³-hybridized carbons (Fsp3) is 0.471. The molecular weight excluding hydrogens is 338 g/mol. The van der Waals surface area contributed by atoms with E-state index >= 15 is 0 Å². The van der Waals surface area contributed by atoms with E-state index in [1.54, 1.807) is 11.9 Å². The van der Waals surface area contributed by atoms with E-state index in [2.05, 4.69) is 25.2 Å². The van der Waals surface area contributed by atoms with Crippen molar-refractivity contribution < 1.29 is 18.8 Å². The average Bonchev–Trinajstić information content (AvgIpc) is 3.39. The third kappa shape index (κ3) is 2.55. The normalized spacial score (nSPS) is 17.3. The van der Waals surface area contributed by atoms with Gasteiger partial charge in [0.2, 0.25) is 0 Å². The Balaban J connectivity index is 1.59. The summed E-state index contributed by atoms with van der Waals surface area (Å²) in [5, 5.41) is 7.22. The molecule has 136 valence electrons. The first kappa shape index (κ1) is 16.6. The molecule has 3 heterocycles. The standard InChI is InChI=1S/C17H19N5O4/c1-22(14(23)13-11-9-18-6-3-12(11)26-21-13)17(4-5-17)16-19-7-10(8-20-16)15(24)25-2/h7-8,18H,3-6,9H2,1-2H3. The van der Waals surface area contributed by atoms with Crippen LogP contribution >= 0.6 is 0 Å². The van der Waals surface area contributed by atoms with Crippen LogP contribution < -0.4 is 5.32 Å². The Morgan fingerprint density at radius 2 is 2.04 bits per heavy atom. The maximum atomic E-state index is 13.0. The Morgan fingerprint density at radius 3 is 2.69 bits per heavy atom. The number of methoxy groups -OCH3 is 1. The smallest absolute Gasteiger partial charge is 0.341 e. The van der Waals surface area contributed by atoms with Crippen LogP contribution in [0, 0.1) is 0 Å². The van der Waals surface area contributed by atoms with Crippen molar-refractivity contribution in [1.82, 2.24) is 25.3 Å². The summed E-state index contributed by atoms with van der Waals surface area (Å²) >= 11 is 0. The van der Waals surface area contributed by atoms with E-state index in [4.69, 9.17) is 4.52 Å². The van der Waals surface area contributed by atoms with Crippen molar-refractivity contribution in [2.75, 3.05) is 20.7 Å². The molecule has 26 heavy (non-hydrogen) atoms. The van der Waals surface area contributed by atoms with Crippen molar-refractivity contribution in [2.24, 2.45) is 0 Å². The Hall–Kier alpha value is -2.81. The fourth-order valence-electron chi connectivity index (χ4n) is 3.28. The Bertz CT molecular complexity index is 857. The van der Waals surface area contributed by atoms with Gasteiger partial charge in [0.05, 0.1) is 12.7 Å². The summed E-state index contributed by atoms with van der Waals surface area (Å²) in [6.45, 7) is 1.39. The monoisotopic (exact) mass is 357 g/mol. The van der Waals surface area contributed by atoms with E-state index in [9.17, 15) is 9.59 Å². The minimum atomic E-state index is -0.570. The van der Waals surface area contributed by atoms with Gasteiger partial charge < -0.3 is 19.5 Å². The number of carbonyl (C=O) groups is 2. The highest BCUT2D eigenvalue weighted by Crippen LogP contribution is 2.49. The van der Waals surface area contributed by atoms with Crippen LogP contribution in [-0.2, 0) is 23.2 Å². The number of nitrogens with one attached hydrogen (secondary N) is 1. The number of hydrogen-bond acceptors (Lipinski definition) is 8. The maximum absolute atomic E-state index is 13.0. The van der Waals surface area contributed by atoms with Crippen LogP contribution in [0.25, 0.3) is 0 Å². The second-order valence-electron chi connectivity index (χ2n) is 6.54. The summed E-state index contributed by atoms with van der Waals surface area (Å²) in [6, 6.07) is 0. The van der Waals surface area contributed by atoms with Gasteiger partial charge in [0.1, 0.15) is 11.3 Å². The van der Waals surface area contributed by atoms with Gasteiger partial charge in [-0.1, -0.05) is 5.16 Å². The summed E-state index contributed by atoms with van der Waals surface area (Å²) in [5.74, 6) is 0.574. The number of rotatable bonds is 4. The van der Waals surface area contributed by atoms with Crippen LogP contribution in [0.2, 0.25) is 0 Å². The molecule has 2 aromatic heterocycles. The first-order valence-corrected chi connectivity index (χ1v) is 8.44. The van der Waals surface area contributed by atoms with Crippen LogP contribution in [-0.4, -0.2) is 52.6 Å². The molecular formula is C17H19N5O4. The van der Waals surface area contributed by atoms with E-state index in [0.717, 1.165) is 37.1 Å². The number of fused-ring (bicyclic) bond motifs is 1. The number of ether oxygens (including phenoxy) is 1. The topological polar surface area (TPSA) is 110 Å². The number of carbonyl (C=O) groups excluding carboxylic acids is 2. The first-order chi connectivity index (χ1) is 12.6. The van der Waals surface area contributed by atoms with Crippen molar-refractivity contribution in [3.8, 4) is 0 Å². The van der Waals surface area contributed by atoms with Gasteiger partial charge in [-0.3, -0.25) is 4.79 Å². The molecule has 9 heteroatoms. The zero-order valence-electron chi connectivity index (χ0n) is 14.6. The molecule has 1 fully saturated rings. The van der Waals surface area contributed by atoms with Gasteiger partial charge >= 0.3 is 5.97 Å². The molecule has 0 atom stereocenters. The Kier molecular flexibility index (Phi) is 3.95. The highest BCUT2D eigenvalue weighted by atomic mass is 16.5. The lowest BCUT2D eigenvalue weighted by molar-refractivity contribution is 0.0597. The zero-order valence-corrected chi connectivity index (χ0v) is 14.6. The van der Waals surface area contributed by atoms with Gasteiger partial charge in [0.15, 0.2) is 11.5 Å². The molecule has 1 aliphatic carbocycles. The second-order valence-corrected chi connectivity index (χ2v) is 6.54. The van der Waals surface area contributed by atoms with Gasteiger partial charge in [0.25, 0.3) is 5.91 Å². The van der Waals surface area contributed by atoms with E-state index in [1.807, 2.05) is 0 Å². The van der Waals surface area contributed by atoms with Gasteiger partial charge in [-0.05, 0) is 12.8 Å². The molecule has 1 amide bonds. The van der Waals surface area contributed by atoms with Crippen LogP contribution in [0.5, 0.6) is 0 Å². The maximum Gasteiger partial charge on any atom is 0.341 e. The molecule has 0 bridgehead atoms. The zero-order chi connectivity index (χ0) is 18.3. The van der Waals surface area contributed by atoms with Gasteiger partial charge in [-0.25, -0.2) is 14.8 Å². The quantitative estimate of drug-likeness (QED) is 0.795. The molecule has 2 aliphatic rings. The van der Waals surface area contributed by atoms with E-state index < -0.39 is 11.5 Å². The van der Waals surface area contributed by atoms with Crippen molar-refractivity contribution in [3.05, 3.63) is 40.8 Å². The lowest BCUT2D eigenvalue weighted by Crippen LogP contribution is -2.39. The van der Waals surface area contributed by atoms with Gasteiger partial charge in [0, 0.05) is 44.5 Å². The average molecular weight is 357 g/mol.